The van der Waals surface area contributed by atoms with Gasteiger partial charge in [-0.25, -0.2) is 4.79 Å². The Morgan fingerprint density at radius 1 is 1.06 bits per heavy atom. The van der Waals surface area contributed by atoms with Gasteiger partial charge in [-0.15, -0.1) is 0 Å². The lowest BCUT2D eigenvalue weighted by Crippen LogP contribution is -2.53. The summed E-state index contributed by atoms with van der Waals surface area (Å²) in [4.78, 5) is 49.7. The molecule has 0 radical (unpaired) electrons. The number of hydrogen-bond donors (Lipinski definition) is 3. The highest BCUT2D eigenvalue weighted by molar-refractivity contribution is 5.99. The molecule has 0 aromatic heterocycles. The molecule has 2 aromatic carbocycles. The number of rotatable bonds is 11. The van der Waals surface area contributed by atoms with Gasteiger partial charge in [0.1, 0.15) is 24.4 Å². The van der Waals surface area contributed by atoms with E-state index < -0.39 is 41.8 Å². The SMILES string of the molecule is C[C@H](NC(CC(=O)c1ccc(OCc2ccccc2)cc1)C(=O)O)C(=O)N1CCC[C@H]1C(=O)O. The van der Waals surface area contributed by atoms with E-state index in [0.717, 1.165) is 5.56 Å². The number of hydrogen-bond acceptors (Lipinski definition) is 6. The van der Waals surface area contributed by atoms with E-state index >= 15 is 0 Å². The number of likely N-dealkylation sites (tertiary alicyclic amines) is 1. The number of ketones is 1. The third-order valence-electron chi connectivity index (χ3n) is 5.75. The van der Waals surface area contributed by atoms with Crippen molar-refractivity contribution in [2.45, 2.75) is 50.9 Å². The van der Waals surface area contributed by atoms with Crippen LogP contribution in [-0.4, -0.2) is 63.4 Å². The van der Waals surface area contributed by atoms with E-state index in [1.54, 1.807) is 24.3 Å². The summed E-state index contributed by atoms with van der Waals surface area (Å²) in [7, 11) is 0. The van der Waals surface area contributed by atoms with Gasteiger partial charge in [0.25, 0.3) is 0 Å². The fourth-order valence-electron chi connectivity index (χ4n) is 3.91. The molecule has 1 saturated heterocycles. The first-order valence-electron chi connectivity index (χ1n) is 11.1. The summed E-state index contributed by atoms with van der Waals surface area (Å²) in [5.41, 5.74) is 1.33. The number of nitrogens with zero attached hydrogens (tertiary/aromatic N) is 1. The Hall–Kier alpha value is -3.72. The maximum Gasteiger partial charge on any atom is 0.326 e. The summed E-state index contributed by atoms with van der Waals surface area (Å²) in [6, 6.07) is 12.9. The predicted molar refractivity (Wildman–Crippen MR) is 123 cm³/mol. The fraction of sp³-hybridized carbons (Fsp3) is 0.360. The zero-order valence-corrected chi connectivity index (χ0v) is 18.8. The van der Waals surface area contributed by atoms with Crippen LogP contribution in [0.15, 0.2) is 54.6 Å². The molecule has 3 N–H and O–H groups in total. The summed E-state index contributed by atoms with van der Waals surface area (Å²) < 4.78 is 5.70. The van der Waals surface area contributed by atoms with Gasteiger partial charge in [0.15, 0.2) is 5.78 Å². The van der Waals surface area contributed by atoms with Crippen LogP contribution in [-0.2, 0) is 21.0 Å². The molecule has 0 aliphatic carbocycles. The van der Waals surface area contributed by atoms with Crippen LogP contribution in [0.4, 0.5) is 0 Å². The normalized spacial score (nSPS) is 17.1. The monoisotopic (exact) mass is 468 g/mol. The number of Topliss-reactive ketones (excluding diaryl/α,β-unsaturated/α-hetero) is 1. The predicted octanol–water partition coefficient (Wildman–Crippen LogP) is 2.35. The number of carbonyl (C=O) groups is 4. The summed E-state index contributed by atoms with van der Waals surface area (Å²) in [5, 5.41) is 21.5. The number of aliphatic carboxylic acids is 2. The van der Waals surface area contributed by atoms with Crippen LogP contribution in [0.1, 0.15) is 42.1 Å². The zero-order chi connectivity index (χ0) is 24.7. The largest absolute Gasteiger partial charge is 0.489 e. The van der Waals surface area contributed by atoms with E-state index in [9.17, 15) is 29.4 Å². The summed E-state index contributed by atoms with van der Waals surface area (Å²) in [6.45, 7) is 2.15. The number of amides is 1. The zero-order valence-electron chi connectivity index (χ0n) is 18.8. The van der Waals surface area contributed by atoms with Gasteiger partial charge in [0.2, 0.25) is 5.91 Å². The smallest absolute Gasteiger partial charge is 0.326 e. The Kier molecular flexibility index (Phi) is 8.37. The highest BCUT2D eigenvalue weighted by atomic mass is 16.5. The van der Waals surface area contributed by atoms with Crippen molar-refractivity contribution in [2.24, 2.45) is 0 Å². The molecule has 1 unspecified atom stereocenters. The lowest BCUT2D eigenvalue weighted by atomic mass is 10.0. The van der Waals surface area contributed by atoms with Crippen molar-refractivity contribution in [3.8, 4) is 5.75 Å². The van der Waals surface area contributed by atoms with Crippen LogP contribution < -0.4 is 10.1 Å². The van der Waals surface area contributed by atoms with Crippen LogP contribution in [0, 0.1) is 0 Å². The molecule has 1 amide bonds. The standard InChI is InChI=1S/C25H28N2O7/c1-16(23(29)27-13-5-8-21(27)25(32)33)26-20(24(30)31)14-22(28)18-9-11-19(12-10-18)34-15-17-6-3-2-4-7-17/h2-4,6-7,9-12,16,20-21,26H,5,8,13-15H2,1H3,(H,30,31)(H,32,33)/t16-,20?,21-/m0/s1. The minimum atomic E-state index is -1.30. The molecule has 180 valence electrons. The van der Waals surface area contributed by atoms with E-state index in [-0.39, 0.29) is 6.42 Å². The van der Waals surface area contributed by atoms with Gasteiger partial charge in [0.05, 0.1) is 6.04 Å². The van der Waals surface area contributed by atoms with Crippen molar-refractivity contribution in [3.63, 3.8) is 0 Å². The van der Waals surface area contributed by atoms with Gasteiger partial charge >= 0.3 is 11.9 Å². The second kappa shape index (κ2) is 11.4. The first-order chi connectivity index (χ1) is 16.3. The van der Waals surface area contributed by atoms with E-state index in [1.807, 2.05) is 30.3 Å². The molecular weight excluding hydrogens is 440 g/mol. The lowest BCUT2D eigenvalue weighted by Gasteiger charge is -2.27. The van der Waals surface area contributed by atoms with Crippen LogP contribution in [0.25, 0.3) is 0 Å². The molecule has 1 fully saturated rings. The van der Waals surface area contributed by atoms with Crippen molar-refractivity contribution in [2.75, 3.05) is 6.54 Å². The number of benzene rings is 2. The van der Waals surface area contributed by atoms with Gasteiger partial charge in [-0.3, -0.25) is 19.7 Å². The molecule has 3 atom stereocenters. The van der Waals surface area contributed by atoms with Gasteiger partial charge in [0, 0.05) is 18.5 Å². The third kappa shape index (κ3) is 6.41. The van der Waals surface area contributed by atoms with Crippen molar-refractivity contribution in [1.29, 1.82) is 0 Å². The molecule has 34 heavy (non-hydrogen) atoms. The van der Waals surface area contributed by atoms with Crippen LogP contribution in [0.5, 0.6) is 5.75 Å². The van der Waals surface area contributed by atoms with E-state index in [4.69, 9.17) is 4.74 Å². The molecule has 1 aliphatic rings. The minimum Gasteiger partial charge on any atom is -0.489 e. The Labute approximate surface area is 197 Å². The van der Waals surface area contributed by atoms with Crippen molar-refractivity contribution in [1.82, 2.24) is 10.2 Å². The molecule has 9 nitrogen and oxygen atoms in total. The van der Waals surface area contributed by atoms with Crippen molar-refractivity contribution >= 4 is 23.6 Å². The molecule has 0 spiro atoms. The van der Waals surface area contributed by atoms with Crippen LogP contribution in [0.3, 0.4) is 0 Å². The van der Waals surface area contributed by atoms with Gasteiger partial charge < -0.3 is 19.8 Å². The molecule has 1 aliphatic heterocycles. The minimum absolute atomic E-state index is 0.303. The molecule has 9 heteroatoms. The molecule has 3 rings (SSSR count). The van der Waals surface area contributed by atoms with E-state index in [1.165, 1.54) is 11.8 Å². The molecule has 0 bridgehead atoms. The molecule has 1 heterocycles. The van der Waals surface area contributed by atoms with Gasteiger partial charge in [-0.2, -0.15) is 0 Å². The summed E-state index contributed by atoms with van der Waals surface area (Å²) in [5.74, 6) is -2.68. The second-order valence-electron chi connectivity index (χ2n) is 8.23. The average molecular weight is 469 g/mol. The number of carbonyl (C=O) groups excluding carboxylic acids is 2. The highest BCUT2D eigenvalue weighted by Crippen LogP contribution is 2.19. The number of nitrogens with one attached hydrogen (secondary N) is 1. The fourth-order valence-corrected chi connectivity index (χ4v) is 3.91. The van der Waals surface area contributed by atoms with Crippen LogP contribution in [0.2, 0.25) is 0 Å². The Balaban J connectivity index is 1.57. The first-order valence-corrected chi connectivity index (χ1v) is 11.1. The highest BCUT2D eigenvalue weighted by Gasteiger charge is 2.37. The van der Waals surface area contributed by atoms with E-state index in [2.05, 4.69) is 5.32 Å². The number of carboxylic acids is 2. The topological polar surface area (TPSA) is 133 Å². The van der Waals surface area contributed by atoms with Crippen molar-refractivity contribution in [3.05, 3.63) is 65.7 Å². The maximum atomic E-state index is 12.7. The number of carboxylic acid groups (broad SMARTS) is 2. The Bertz CT molecular complexity index is 1020. The lowest BCUT2D eigenvalue weighted by molar-refractivity contribution is -0.149. The Morgan fingerprint density at radius 3 is 2.35 bits per heavy atom. The second-order valence-corrected chi connectivity index (χ2v) is 8.23. The van der Waals surface area contributed by atoms with Crippen molar-refractivity contribution < 1.29 is 34.1 Å². The first kappa shape index (κ1) is 24.9. The molecule has 2 aromatic rings. The number of ether oxygens (including phenoxy) is 1. The maximum absolute atomic E-state index is 12.7. The quantitative estimate of drug-likeness (QED) is 0.428. The molecular formula is C25H28N2O7. The van der Waals surface area contributed by atoms with E-state index in [0.29, 0.717) is 37.3 Å². The average Bonchev–Trinajstić information content (AvgIpc) is 3.33. The molecule has 0 saturated carbocycles. The Morgan fingerprint density at radius 2 is 1.74 bits per heavy atom. The summed E-state index contributed by atoms with van der Waals surface area (Å²) in [6.07, 6.45) is 0.570. The van der Waals surface area contributed by atoms with Gasteiger partial charge in [-0.05, 0) is 49.6 Å². The van der Waals surface area contributed by atoms with Gasteiger partial charge in [-0.1, -0.05) is 30.3 Å². The third-order valence-corrected chi connectivity index (χ3v) is 5.75. The van der Waals surface area contributed by atoms with Crippen LogP contribution >= 0.6 is 0 Å². The summed E-state index contributed by atoms with van der Waals surface area (Å²) >= 11 is 0.